The second-order valence-corrected chi connectivity index (χ2v) is 4.10. The number of pyridine rings is 1. The fourth-order valence-corrected chi connectivity index (χ4v) is 1.41. The molecule has 1 aromatic rings. The Hall–Kier alpha value is -1.83. The molecule has 0 aliphatic carbocycles. The van der Waals surface area contributed by atoms with E-state index in [1.54, 1.807) is 12.1 Å². The Morgan fingerprint density at radius 3 is 2.71 bits per heavy atom. The quantitative estimate of drug-likeness (QED) is 0.748. The normalized spacial score (nSPS) is 11.2. The van der Waals surface area contributed by atoms with Crippen LogP contribution in [0.15, 0.2) is 18.3 Å². The highest BCUT2D eigenvalue weighted by Crippen LogP contribution is 2.14. The molecule has 0 radical (unpaired) electrons. The predicted octanol–water partition coefficient (Wildman–Crippen LogP) is 2.18. The fraction of sp³-hybridized carbons (Fsp3) is 0.538. The number of ether oxygens (including phenoxy) is 2. The van der Waals surface area contributed by atoms with Crippen molar-refractivity contribution >= 4 is 5.91 Å². The van der Waals surface area contributed by atoms with Gasteiger partial charge in [0.2, 0.25) is 5.88 Å². The Kier molecular flexibility index (Phi) is 6.93. The molecule has 5 nitrogen and oxygen atoms in total. The van der Waals surface area contributed by atoms with Gasteiger partial charge in [-0.15, -0.1) is 0 Å². The summed E-state index contributed by atoms with van der Waals surface area (Å²) in [4.78, 5) is 15.6. The summed E-state index contributed by atoms with van der Waals surface area (Å²) >= 11 is 0. The molecule has 0 aliphatic heterocycles. The van der Waals surface area contributed by atoms with Gasteiger partial charge >= 0.3 is 6.18 Å². The largest absolute Gasteiger partial charge is 0.478 e. The lowest BCUT2D eigenvalue weighted by Gasteiger charge is -2.08. The first-order valence-corrected chi connectivity index (χ1v) is 6.44. The zero-order valence-electron chi connectivity index (χ0n) is 11.6. The van der Waals surface area contributed by atoms with Crippen LogP contribution in [0.3, 0.4) is 0 Å². The Balaban J connectivity index is 2.21. The molecule has 0 unspecified atom stereocenters. The highest BCUT2D eigenvalue weighted by atomic mass is 19.4. The first-order valence-electron chi connectivity index (χ1n) is 6.44. The summed E-state index contributed by atoms with van der Waals surface area (Å²) in [6.45, 7) is 1.19. The van der Waals surface area contributed by atoms with Gasteiger partial charge in [0.25, 0.3) is 5.91 Å². The molecule has 1 rings (SSSR count). The summed E-state index contributed by atoms with van der Waals surface area (Å²) in [6.07, 6.45) is -2.65. The van der Waals surface area contributed by atoms with Crippen LogP contribution >= 0.6 is 0 Å². The molecule has 118 valence electrons. The van der Waals surface area contributed by atoms with E-state index in [9.17, 15) is 18.0 Å². The zero-order chi connectivity index (χ0) is 15.7. The lowest BCUT2D eigenvalue weighted by atomic mass is 10.2. The molecular weight excluding hydrogens is 289 g/mol. The van der Waals surface area contributed by atoms with Crippen LogP contribution in [0.25, 0.3) is 0 Å². The van der Waals surface area contributed by atoms with Crippen LogP contribution in [0.2, 0.25) is 0 Å². The second-order valence-electron chi connectivity index (χ2n) is 4.10. The average Bonchev–Trinajstić information content (AvgIpc) is 2.42. The first-order chi connectivity index (χ1) is 9.92. The van der Waals surface area contributed by atoms with Crippen LogP contribution in [-0.2, 0) is 4.74 Å². The van der Waals surface area contributed by atoms with Crippen LogP contribution in [0, 0.1) is 0 Å². The summed E-state index contributed by atoms with van der Waals surface area (Å²) in [5, 5.41) is 2.57. The number of halogens is 3. The molecule has 0 aromatic carbocycles. The van der Waals surface area contributed by atoms with Crippen molar-refractivity contribution < 1.29 is 27.4 Å². The van der Waals surface area contributed by atoms with E-state index in [-0.39, 0.29) is 19.1 Å². The van der Waals surface area contributed by atoms with E-state index in [0.717, 1.165) is 0 Å². The molecule has 1 aromatic heterocycles. The van der Waals surface area contributed by atoms with Crippen LogP contribution in [0.4, 0.5) is 13.2 Å². The first kappa shape index (κ1) is 17.2. The van der Waals surface area contributed by atoms with E-state index in [4.69, 9.17) is 4.74 Å². The van der Waals surface area contributed by atoms with Gasteiger partial charge in [0.05, 0.1) is 12.2 Å². The number of hydrogen-bond donors (Lipinski definition) is 1. The van der Waals surface area contributed by atoms with Crippen molar-refractivity contribution in [3.63, 3.8) is 0 Å². The summed E-state index contributed by atoms with van der Waals surface area (Å²) in [5.41, 5.74) is 0.356. The van der Waals surface area contributed by atoms with Crippen LogP contribution < -0.4 is 10.1 Å². The molecule has 8 heteroatoms. The Morgan fingerprint density at radius 2 is 2.14 bits per heavy atom. The van der Waals surface area contributed by atoms with E-state index in [1.165, 1.54) is 6.20 Å². The maximum atomic E-state index is 11.8. The minimum absolute atomic E-state index is 0.0681. The minimum atomic E-state index is -4.32. The van der Waals surface area contributed by atoms with Crippen LogP contribution in [0.1, 0.15) is 23.7 Å². The Labute approximate surface area is 120 Å². The maximum Gasteiger partial charge on any atom is 0.411 e. The Bertz CT molecular complexity index is 435. The monoisotopic (exact) mass is 306 g/mol. The van der Waals surface area contributed by atoms with Gasteiger partial charge in [-0.05, 0) is 19.4 Å². The molecule has 1 amide bonds. The molecule has 0 saturated carbocycles. The van der Waals surface area contributed by atoms with Crippen molar-refractivity contribution in [2.75, 3.05) is 26.4 Å². The molecule has 0 fully saturated rings. The van der Waals surface area contributed by atoms with Crippen LogP contribution in [-0.4, -0.2) is 43.4 Å². The van der Waals surface area contributed by atoms with Crippen molar-refractivity contribution in [1.29, 1.82) is 0 Å². The highest BCUT2D eigenvalue weighted by molar-refractivity contribution is 5.93. The molecule has 0 atom stereocenters. The number of alkyl halides is 3. The number of carbonyl (C=O) groups is 1. The molecule has 0 spiro atoms. The number of rotatable bonds is 8. The molecule has 1 N–H and O–H groups in total. The van der Waals surface area contributed by atoms with Gasteiger partial charge in [-0.2, -0.15) is 13.2 Å². The van der Waals surface area contributed by atoms with Gasteiger partial charge in [-0.25, -0.2) is 4.98 Å². The van der Waals surface area contributed by atoms with Crippen LogP contribution in [0.5, 0.6) is 5.88 Å². The van der Waals surface area contributed by atoms with Gasteiger partial charge in [-0.3, -0.25) is 4.79 Å². The number of nitrogens with one attached hydrogen (secondary N) is 1. The lowest BCUT2D eigenvalue weighted by Crippen LogP contribution is -2.26. The zero-order valence-corrected chi connectivity index (χ0v) is 11.6. The van der Waals surface area contributed by atoms with Gasteiger partial charge in [0.15, 0.2) is 0 Å². The predicted molar refractivity (Wildman–Crippen MR) is 69.2 cm³/mol. The van der Waals surface area contributed by atoms with E-state index in [0.29, 0.717) is 24.5 Å². The number of nitrogens with zero attached hydrogens (tertiary/aromatic N) is 1. The molecular formula is C13H17F3N2O3. The van der Waals surface area contributed by atoms with Gasteiger partial charge < -0.3 is 14.8 Å². The fourth-order valence-electron chi connectivity index (χ4n) is 1.41. The minimum Gasteiger partial charge on any atom is -0.478 e. The van der Waals surface area contributed by atoms with Crippen molar-refractivity contribution in [2.24, 2.45) is 0 Å². The average molecular weight is 306 g/mol. The maximum absolute atomic E-state index is 11.8. The number of amides is 1. The van der Waals surface area contributed by atoms with E-state index in [1.807, 2.05) is 6.92 Å². The standard InChI is InChI=1S/C13H17F3N2O3/c1-2-21-11-5-4-10(8-18-11)12(19)17-6-3-7-20-9-13(14,15)16/h4-5,8H,2-3,6-7,9H2,1H3,(H,17,19). The highest BCUT2D eigenvalue weighted by Gasteiger charge is 2.27. The third-order valence-corrected chi connectivity index (χ3v) is 2.31. The Morgan fingerprint density at radius 1 is 1.38 bits per heavy atom. The van der Waals surface area contributed by atoms with Gasteiger partial charge in [-0.1, -0.05) is 0 Å². The molecule has 1 heterocycles. The summed E-state index contributed by atoms with van der Waals surface area (Å²) in [6, 6.07) is 3.14. The third kappa shape index (κ3) is 7.50. The SMILES string of the molecule is CCOc1ccc(C(=O)NCCCOCC(F)(F)F)cn1. The molecule has 0 aliphatic rings. The molecule has 21 heavy (non-hydrogen) atoms. The summed E-state index contributed by atoms with van der Waals surface area (Å²) < 4.78 is 44.9. The van der Waals surface area contributed by atoms with E-state index in [2.05, 4.69) is 15.0 Å². The van der Waals surface area contributed by atoms with Crippen molar-refractivity contribution in [3.05, 3.63) is 23.9 Å². The van der Waals surface area contributed by atoms with E-state index >= 15 is 0 Å². The third-order valence-electron chi connectivity index (χ3n) is 2.31. The topological polar surface area (TPSA) is 60.5 Å². The molecule has 0 saturated heterocycles. The van der Waals surface area contributed by atoms with Crippen molar-refractivity contribution in [2.45, 2.75) is 19.5 Å². The second kappa shape index (κ2) is 8.46. The van der Waals surface area contributed by atoms with Crippen molar-refractivity contribution in [3.8, 4) is 5.88 Å². The smallest absolute Gasteiger partial charge is 0.411 e. The number of carbonyl (C=O) groups excluding carboxylic acids is 1. The number of hydrogen-bond acceptors (Lipinski definition) is 4. The molecule has 0 bridgehead atoms. The summed E-state index contributed by atoms with van der Waals surface area (Å²) in [7, 11) is 0. The lowest BCUT2D eigenvalue weighted by molar-refractivity contribution is -0.173. The summed E-state index contributed by atoms with van der Waals surface area (Å²) in [5.74, 6) is 0.0796. The van der Waals surface area contributed by atoms with Gasteiger partial charge in [0.1, 0.15) is 6.61 Å². The number of aromatic nitrogens is 1. The van der Waals surface area contributed by atoms with E-state index < -0.39 is 12.8 Å². The van der Waals surface area contributed by atoms with Gasteiger partial charge in [0, 0.05) is 25.4 Å². The van der Waals surface area contributed by atoms with Crippen molar-refractivity contribution in [1.82, 2.24) is 10.3 Å².